The van der Waals surface area contributed by atoms with Crippen molar-refractivity contribution in [3.63, 3.8) is 0 Å². The van der Waals surface area contributed by atoms with Gasteiger partial charge in [-0.05, 0) is 18.4 Å². The second-order valence-electron chi connectivity index (χ2n) is 5.87. The van der Waals surface area contributed by atoms with Gasteiger partial charge in [-0.15, -0.1) is 11.3 Å². The van der Waals surface area contributed by atoms with Crippen molar-refractivity contribution in [2.45, 2.75) is 19.0 Å². The van der Waals surface area contributed by atoms with Gasteiger partial charge in [-0.1, -0.05) is 23.0 Å². The highest BCUT2D eigenvalue weighted by atomic mass is 32.2. The van der Waals surface area contributed by atoms with Gasteiger partial charge in [0.2, 0.25) is 11.8 Å². The standard InChI is InChI=1S/C17H16N6O5S2/c1-8-6-11(23-28-8)19-12(25)7-30-17-21-14(18-9(2)24)13(16(27)22-17)20-15(26)10-4-3-5-29-10/h3-6H,7H2,1-2H3,(H,20,26)(H,19,23,25)(H2,18,21,22,24,27). The molecule has 11 nitrogen and oxygen atoms in total. The summed E-state index contributed by atoms with van der Waals surface area (Å²) >= 11 is 2.14. The zero-order valence-corrected chi connectivity index (χ0v) is 17.4. The number of nitrogens with zero attached hydrogens (tertiary/aromatic N) is 2. The molecule has 3 aromatic rings. The van der Waals surface area contributed by atoms with Crippen molar-refractivity contribution in [1.82, 2.24) is 15.1 Å². The van der Waals surface area contributed by atoms with Gasteiger partial charge < -0.3 is 20.5 Å². The highest BCUT2D eigenvalue weighted by Crippen LogP contribution is 2.21. The maximum atomic E-state index is 12.5. The number of hydrogen-bond donors (Lipinski definition) is 4. The van der Waals surface area contributed by atoms with E-state index in [1.165, 1.54) is 18.3 Å². The van der Waals surface area contributed by atoms with Gasteiger partial charge in [0.15, 0.2) is 22.5 Å². The number of aromatic amines is 1. The Balaban J connectivity index is 1.74. The van der Waals surface area contributed by atoms with Crippen LogP contribution in [0.5, 0.6) is 0 Å². The average Bonchev–Trinajstić information content (AvgIpc) is 3.34. The van der Waals surface area contributed by atoms with Gasteiger partial charge in [0.1, 0.15) is 5.76 Å². The summed E-state index contributed by atoms with van der Waals surface area (Å²) in [5.74, 6) is -0.774. The van der Waals surface area contributed by atoms with E-state index in [1.807, 2.05) is 0 Å². The highest BCUT2D eigenvalue weighted by Gasteiger charge is 2.18. The normalized spacial score (nSPS) is 10.5. The molecule has 3 amide bonds. The summed E-state index contributed by atoms with van der Waals surface area (Å²) in [4.78, 5) is 55.3. The van der Waals surface area contributed by atoms with Gasteiger partial charge in [0, 0.05) is 13.0 Å². The molecule has 0 saturated heterocycles. The van der Waals surface area contributed by atoms with Crippen LogP contribution in [0.4, 0.5) is 17.3 Å². The summed E-state index contributed by atoms with van der Waals surface area (Å²) in [7, 11) is 0. The maximum absolute atomic E-state index is 12.5. The fourth-order valence-corrected chi connectivity index (χ4v) is 3.49. The number of aromatic nitrogens is 3. The Hall–Kier alpha value is -3.45. The lowest BCUT2D eigenvalue weighted by molar-refractivity contribution is -0.114. The Morgan fingerprint density at radius 3 is 2.70 bits per heavy atom. The molecule has 0 aromatic carbocycles. The number of nitrogens with one attached hydrogen (secondary N) is 4. The molecule has 0 bridgehead atoms. The van der Waals surface area contributed by atoms with Crippen molar-refractivity contribution < 1.29 is 18.9 Å². The van der Waals surface area contributed by atoms with E-state index in [-0.39, 0.29) is 28.2 Å². The minimum Gasteiger partial charge on any atom is -0.360 e. The number of amides is 3. The predicted molar refractivity (Wildman–Crippen MR) is 112 cm³/mol. The molecule has 0 aliphatic carbocycles. The molecule has 0 aliphatic heterocycles. The fourth-order valence-electron chi connectivity index (χ4n) is 2.22. The van der Waals surface area contributed by atoms with Gasteiger partial charge in [0.05, 0.1) is 10.6 Å². The molecule has 3 heterocycles. The molecule has 30 heavy (non-hydrogen) atoms. The minimum absolute atomic E-state index is 0.0874. The monoisotopic (exact) mass is 448 g/mol. The molecule has 156 valence electrons. The average molecular weight is 448 g/mol. The van der Waals surface area contributed by atoms with Gasteiger partial charge >= 0.3 is 0 Å². The van der Waals surface area contributed by atoms with Crippen molar-refractivity contribution in [3.8, 4) is 0 Å². The number of thioether (sulfide) groups is 1. The van der Waals surface area contributed by atoms with Crippen LogP contribution in [0, 0.1) is 6.92 Å². The first-order chi connectivity index (χ1) is 14.3. The van der Waals surface area contributed by atoms with Gasteiger partial charge in [-0.2, -0.15) is 0 Å². The van der Waals surface area contributed by atoms with Crippen LogP contribution >= 0.6 is 23.1 Å². The number of thiophene rings is 1. The third-order valence-corrected chi connectivity index (χ3v) is 5.15. The Morgan fingerprint density at radius 1 is 1.27 bits per heavy atom. The Labute approximate surface area is 177 Å². The third kappa shape index (κ3) is 5.55. The van der Waals surface area contributed by atoms with Crippen molar-refractivity contribution in [3.05, 3.63) is 44.6 Å². The van der Waals surface area contributed by atoms with E-state index in [9.17, 15) is 19.2 Å². The molecule has 0 fully saturated rings. The number of anilines is 3. The first-order valence-corrected chi connectivity index (χ1v) is 10.3. The molecule has 3 rings (SSSR count). The van der Waals surface area contributed by atoms with Gasteiger partial charge in [-0.3, -0.25) is 24.2 Å². The van der Waals surface area contributed by atoms with Crippen LogP contribution in [0.15, 0.2) is 38.1 Å². The maximum Gasteiger partial charge on any atom is 0.277 e. The van der Waals surface area contributed by atoms with Crippen molar-refractivity contribution >= 4 is 58.1 Å². The summed E-state index contributed by atoms with van der Waals surface area (Å²) < 4.78 is 4.86. The van der Waals surface area contributed by atoms with Crippen LogP contribution < -0.4 is 21.5 Å². The van der Waals surface area contributed by atoms with E-state index in [4.69, 9.17) is 4.52 Å². The lowest BCUT2D eigenvalue weighted by atomic mass is 10.4. The summed E-state index contributed by atoms with van der Waals surface area (Å²) in [5.41, 5.74) is -0.871. The summed E-state index contributed by atoms with van der Waals surface area (Å²) in [6.07, 6.45) is 0. The summed E-state index contributed by atoms with van der Waals surface area (Å²) in [6, 6.07) is 4.85. The Morgan fingerprint density at radius 2 is 2.07 bits per heavy atom. The number of hydrogen-bond acceptors (Lipinski definition) is 9. The Kier molecular flexibility index (Phi) is 6.64. The minimum atomic E-state index is -0.673. The Bertz CT molecular complexity index is 1140. The molecule has 3 aromatic heterocycles. The molecular formula is C17H16N6O5S2. The molecule has 0 aliphatic rings. The van der Waals surface area contributed by atoms with Crippen molar-refractivity contribution in [1.29, 1.82) is 0 Å². The van der Waals surface area contributed by atoms with Gasteiger partial charge in [0.25, 0.3) is 11.5 Å². The smallest absolute Gasteiger partial charge is 0.277 e. The number of carbonyl (C=O) groups is 3. The second kappa shape index (κ2) is 9.37. The number of carbonyl (C=O) groups excluding carboxylic acids is 3. The first kappa shape index (κ1) is 21.3. The third-order valence-electron chi connectivity index (χ3n) is 3.41. The number of aryl methyl sites for hydroxylation is 1. The first-order valence-electron chi connectivity index (χ1n) is 8.44. The quantitative estimate of drug-likeness (QED) is 0.316. The summed E-state index contributed by atoms with van der Waals surface area (Å²) in [5, 5.41) is 12.9. The molecule has 13 heteroatoms. The topological polar surface area (TPSA) is 159 Å². The van der Waals surface area contributed by atoms with Crippen molar-refractivity contribution in [2.75, 3.05) is 21.7 Å². The number of rotatable bonds is 7. The zero-order valence-electron chi connectivity index (χ0n) is 15.8. The van der Waals surface area contributed by atoms with Crippen molar-refractivity contribution in [2.24, 2.45) is 0 Å². The van der Waals surface area contributed by atoms with E-state index >= 15 is 0 Å². The lowest BCUT2D eigenvalue weighted by Gasteiger charge is -2.11. The van der Waals surface area contributed by atoms with Crippen LogP contribution in [0.3, 0.4) is 0 Å². The second-order valence-corrected chi connectivity index (χ2v) is 7.78. The van der Waals surface area contributed by atoms with E-state index in [2.05, 4.69) is 31.1 Å². The van der Waals surface area contributed by atoms with Crippen LogP contribution in [-0.4, -0.2) is 38.6 Å². The molecule has 0 unspecified atom stereocenters. The highest BCUT2D eigenvalue weighted by molar-refractivity contribution is 7.99. The molecule has 4 N–H and O–H groups in total. The zero-order chi connectivity index (χ0) is 21.7. The van der Waals surface area contributed by atoms with Crippen LogP contribution in [-0.2, 0) is 9.59 Å². The molecule has 0 atom stereocenters. The predicted octanol–water partition coefficient (Wildman–Crippen LogP) is 2.07. The van der Waals surface area contributed by atoms with E-state index < -0.39 is 23.3 Å². The lowest BCUT2D eigenvalue weighted by Crippen LogP contribution is -2.24. The fraction of sp³-hybridized carbons (Fsp3) is 0.176. The molecule has 0 saturated carbocycles. The van der Waals surface area contributed by atoms with Gasteiger partial charge in [-0.25, -0.2) is 4.98 Å². The molecular weight excluding hydrogens is 432 g/mol. The SMILES string of the molecule is CC(=O)Nc1nc(SCC(=O)Nc2cc(C)on2)[nH]c(=O)c1NC(=O)c1cccs1. The molecule has 0 radical (unpaired) electrons. The van der Waals surface area contributed by atoms with E-state index in [0.717, 1.165) is 11.8 Å². The molecule has 0 spiro atoms. The largest absolute Gasteiger partial charge is 0.360 e. The number of H-pyrrole nitrogens is 1. The van der Waals surface area contributed by atoms with E-state index in [1.54, 1.807) is 30.5 Å². The van der Waals surface area contributed by atoms with Crippen LogP contribution in [0.2, 0.25) is 0 Å². The summed E-state index contributed by atoms with van der Waals surface area (Å²) in [6.45, 7) is 2.93. The van der Waals surface area contributed by atoms with Crippen LogP contribution in [0.25, 0.3) is 0 Å². The van der Waals surface area contributed by atoms with E-state index in [0.29, 0.717) is 10.6 Å². The van der Waals surface area contributed by atoms with Crippen LogP contribution in [0.1, 0.15) is 22.4 Å².